The number of hydrogen-bond acceptors (Lipinski definition) is 6. The number of aromatic hydroxyl groups is 1. The molecule has 0 saturated heterocycles. The maximum absolute atomic E-state index is 13.3. The Bertz CT molecular complexity index is 1490. The molecule has 7 nitrogen and oxygen atoms in total. The SMILES string of the molecule is O=C1OCc2cc(C(F)(F)F)ncc2-c2ccc(C3CC3)c(c2)NS(=O)(=O)c2cc1cc(Br)c2O. The Hall–Kier alpha value is -3.12. The Labute approximate surface area is 206 Å². The van der Waals surface area contributed by atoms with E-state index in [1.54, 1.807) is 12.1 Å². The molecule has 2 aliphatic rings. The fraction of sp³-hybridized carbons (Fsp3) is 0.217. The van der Waals surface area contributed by atoms with Crippen molar-refractivity contribution in [1.82, 2.24) is 4.98 Å². The van der Waals surface area contributed by atoms with E-state index in [1.165, 1.54) is 12.1 Å². The molecule has 1 saturated carbocycles. The standard InChI is InChI=1S/C23H16BrF3N2O5S/c24-17-5-13-7-19(21(17)30)35(32,33)29-18-6-12(3-4-15(18)11-1-2-11)16-9-28-20(23(25,26)27)8-14(16)10-34-22(13)31/h3-9,11,29-30H,1-2,10H2. The number of esters is 1. The number of carbonyl (C=O) groups excluding carboxylic acids is 1. The van der Waals surface area contributed by atoms with Crippen LogP contribution < -0.4 is 4.72 Å². The molecule has 2 heterocycles. The summed E-state index contributed by atoms with van der Waals surface area (Å²) < 4.78 is 74.2. The average molecular weight is 569 g/mol. The summed E-state index contributed by atoms with van der Waals surface area (Å²) in [6.07, 6.45) is -1.97. The average Bonchev–Trinajstić information content (AvgIpc) is 3.62. The topological polar surface area (TPSA) is 106 Å². The number of nitrogens with one attached hydrogen (secondary N) is 1. The number of aromatic nitrogens is 1. The molecule has 2 N–H and O–H groups in total. The summed E-state index contributed by atoms with van der Waals surface area (Å²) >= 11 is 3.04. The smallest absolute Gasteiger partial charge is 0.433 e. The molecular weight excluding hydrogens is 553 g/mol. The molecule has 1 fully saturated rings. The van der Waals surface area contributed by atoms with Gasteiger partial charge in [0.15, 0.2) is 0 Å². The molecule has 1 aliphatic heterocycles. The van der Waals surface area contributed by atoms with Crippen molar-refractivity contribution >= 4 is 37.6 Å². The van der Waals surface area contributed by atoms with Crippen LogP contribution >= 0.6 is 15.9 Å². The first-order valence-corrected chi connectivity index (χ1v) is 12.6. The zero-order chi connectivity index (χ0) is 25.1. The molecule has 35 heavy (non-hydrogen) atoms. The van der Waals surface area contributed by atoms with Crippen LogP contribution in [0.15, 0.2) is 52.0 Å². The van der Waals surface area contributed by atoms with E-state index >= 15 is 0 Å². The monoisotopic (exact) mass is 568 g/mol. The van der Waals surface area contributed by atoms with Gasteiger partial charge in [0.2, 0.25) is 0 Å². The van der Waals surface area contributed by atoms with Crippen LogP contribution in [0.2, 0.25) is 0 Å². The first kappa shape index (κ1) is 23.6. The lowest BCUT2D eigenvalue weighted by molar-refractivity contribution is -0.141. The molecule has 1 aliphatic carbocycles. The molecule has 0 amide bonds. The van der Waals surface area contributed by atoms with Crippen molar-refractivity contribution < 1.29 is 36.2 Å². The van der Waals surface area contributed by atoms with Gasteiger partial charge in [0.25, 0.3) is 10.0 Å². The quantitative estimate of drug-likeness (QED) is 0.371. The van der Waals surface area contributed by atoms with Crippen molar-refractivity contribution in [3.8, 4) is 16.9 Å². The van der Waals surface area contributed by atoms with Gasteiger partial charge in [-0.05, 0) is 70.1 Å². The highest BCUT2D eigenvalue weighted by molar-refractivity contribution is 9.10. The van der Waals surface area contributed by atoms with E-state index in [2.05, 4.69) is 25.6 Å². The van der Waals surface area contributed by atoms with Crippen molar-refractivity contribution in [2.24, 2.45) is 0 Å². The second-order valence-electron chi connectivity index (χ2n) is 8.29. The molecule has 12 heteroatoms. The maximum Gasteiger partial charge on any atom is 0.433 e. The minimum Gasteiger partial charge on any atom is -0.505 e. The summed E-state index contributed by atoms with van der Waals surface area (Å²) in [5.41, 5.74) is 0.265. The van der Waals surface area contributed by atoms with Crippen molar-refractivity contribution in [3.63, 3.8) is 0 Å². The number of fused-ring (bicyclic) bond motifs is 6. The molecule has 2 aromatic carbocycles. The van der Waals surface area contributed by atoms with E-state index in [1.807, 2.05) is 0 Å². The highest BCUT2D eigenvalue weighted by Gasteiger charge is 2.34. The third-order valence-electron chi connectivity index (χ3n) is 5.82. The fourth-order valence-corrected chi connectivity index (χ4v) is 5.73. The van der Waals surface area contributed by atoms with Gasteiger partial charge in [0.1, 0.15) is 22.9 Å². The number of anilines is 1. The van der Waals surface area contributed by atoms with Crippen LogP contribution in [0, 0.1) is 0 Å². The van der Waals surface area contributed by atoms with E-state index in [0.29, 0.717) is 5.56 Å². The number of ether oxygens (including phenoxy) is 1. The molecule has 1 aromatic heterocycles. The number of hydrogen-bond donors (Lipinski definition) is 2. The molecule has 0 spiro atoms. The number of rotatable bonds is 1. The number of benzene rings is 2. The van der Waals surface area contributed by atoms with Crippen LogP contribution in [-0.2, 0) is 27.5 Å². The van der Waals surface area contributed by atoms with Gasteiger partial charge >= 0.3 is 12.1 Å². The lowest BCUT2D eigenvalue weighted by Gasteiger charge is -2.16. The van der Waals surface area contributed by atoms with Gasteiger partial charge in [0.05, 0.1) is 15.7 Å². The van der Waals surface area contributed by atoms with Crippen molar-refractivity contribution in [3.05, 3.63) is 69.5 Å². The number of cyclic esters (lactones) is 1. The largest absolute Gasteiger partial charge is 0.505 e. The summed E-state index contributed by atoms with van der Waals surface area (Å²) in [7, 11) is -4.37. The Balaban J connectivity index is 1.75. The molecule has 5 rings (SSSR count). The zero-order valence-electron chi connectivity index (χ0n) is 17.7. The van der Waals surface area contributed by atoms with E-state index in [-0.39, 0.29) is 32.8 Å². The normalized spacial score (nSPS) is 17.2. The summed E-state index contributed by atoms with van der Waals surface area (Å²) in [5.74, 6) is -1.46. The molecule has 182 valence electrons. The van der Waals surface area contributed by atoms with Crippen LogP contribution in [0.4, 0.5) is 18.9 Å². The molecular formula is C23H16BrF3N2O5S. The predicted octanol–water partition coefficient (Wildman–Crippen LogP) is 5.58. The number of phenolic OH excluding ortho intramolecular Hbond substituents is 1. The highest BCUT2D eigenvalue weighted by atomic mass is 79.9. The van der Waals surface area contributed by atoms with Gasteiger partial charge in [-0.2, -0.15) is 13.2 Å². The minimum atomic E-state index is -4.71. The third kappa shape index (κ3) is 4.47. The van der Waals surface area contributed by atoms with Gasteiger partial charge in [-0.15, -0.1) is 0 Å². The number of sulfonamides is 1. The van der Waals surface area contributed by atoms with Crippen LogP contribution in [0.5, 0.6) is 5.75 Å². The van der Waals surface area contributed by atoms with Crippen molar-refractivity contribution in [2.75, 3.05) is 4.72 Å². The Morgan fingerprint density at radius 1 is 1.11 bits per heavy atom. The Morgan fingerprint density at radius 2 is 1.86 bits per heavy atom. The summed E-state index contributed by atoms with van der Waals surface area (Å²) in [4.78, 5) is 15.7. The highest BCUT2D eigenvalue weighted by Crippen LogP contribution is 2.46. The van der Waals surface area contributed by atoms with E-state index in [9.17, 15) is 31.5 Å². The second-order valence-corrected chi connectivity index (χ2v) is 10.8. The Morgan fingerprint density at radius 3 is 2.54 bits per heavy atom. The molecule has 4 bridgehead atoms. The van der Waals surface area contributed by atoms with E-state index in [0.717, 1.165) is 36.7 Å². The predicted molar refractivity (Wildman–Crippen MR) is 122 cm³/mol. The van der Waals surface area contributed by atoms with Crippen LogP contribution in [-0.4, -0.2) is 24.5 Å². The van der Waals surface area contributed by atoms with E-state index in [4.69, 9.17) is 4.74 Å². The van der Waals surface area contributed by atoms with Gasteiger partial charge in [0, 0.05) is 17.3 Å². The molecule has 0 unspecified atom stereocenters. The Kier molecular flexibility index (Phi) is 5.55. The number of pyridine rings is 1. The van der Waals surface area contributed by atoms with Crippen LogP contribution in [0.1, 0.15) is 45.9 Å². The number of halogens is 4. The number of carbonyl (C=O) groups is 1. The lowest BCUT2D eigenvalue weighted by Crippen LogP contribution is -2.15. The summed E-state index contributed by atoms with van der Waals surface area (Å²) in [6.45, 7) is -0.520. The lowest BCUT2D eigenvalue weighted by atomic mass is 9.98. The molecule has 0 atom stereocenters. The third-order valence-corrected chi connectivity index (χ3v) is 7.80. The van der Waals surface area contributed by atoms with Gasteiger partial charge in [-0.3, -0.25) is 9.71 Å². The second kappa shape index (κ2) is 8.23. The fourth-order valence-electron chi connectivity index (χ4n) is 3.92. The number of nitrogens with zero attached hydrogens (tertiary/aromatic N) is 1. The van der Waals surface area contributed by atoms with E-state index < -0.39 is 45.1 Å². The van der Waals surface area contributed by atoms with Crippen LogP contribution in [0.3, 0.4) is 0 Å². The minimum absolute atomic E-state index is 0.0472. The number of phenols is 1. The molecule has 3 aromatic rings. The molecule has 0 radical (unpaired) electrons. The first-order chi connectivity index (χ1) is 16.4. The van der Waals surface area contributed by atoms with Gasteiger partial charge < -0.3 is 9.84 Å². The summed E-state index contributed by atoms with van der Waals surface area (Å²) in [6, 6.07) is 7.81. The first-order valence-electron chi connectivity index (χ1n) is 10.4. The number of alkyl halides is 3. The maximum atomic E-state index is 13.3. The van der Waals surface area contributed by atoms with Crippen LogP contribution in [0.25, 0.3) is 11.1 Å². The van der Waals surface area contributed by atoms with Crippen molar-refractivity contribution in [2.45, 2.75) is 36.4 Å². The van der Waals surface area contributed by atoms with Gasteiger partial charge in [-0.1, -0.05) is 12.1 Å². The van der Waals surface area contributed by atoms with Crippen molar-refractivity contribution in [1.29, 1.82) is 0 Å². The zero-order valence-corrected chi connectivity index (χ0v) is 20.1. The van der Waals surface area contributed by atoms with Gasteiger partial charge in [-0.25, -0.2) is 13.2 Å². The summed E-state index contributed by atoms with van der Waals surface area (Å²) in [5, 5.41) is 10.4.